The van der Waals surface area contributed by atoms with Crippen molar-refractivity contribution in [3.05, 3.63) is 47.3 Å². The summed E-state index contributed by atoms with van der Waals surface area (Å²) < 4.78 is 5.68. The van der Waals surface area contributed by atoms with E-state index in [0.717, 1.165) is 0 Å². The first-order valence-corrected chi connectivity index (χ1v) is 11.7. The molecule has 1 aromatic carbocycles. The molecular weight excluding hydrogens is 344 g/mol. The summed E-state index contributed by atoms with van der Waals surface area (Å²) in [4.78, 5) is 2.79. The predicted octanol–water partition coefficient (Wildman–Crippen LogP) is 6.61. The summed E-state index contributed by atoms with van der Waals surface area (Å²) >= 11 is 0. The Morgan fingerprint density at radius 3 is 2.18 bits per heavy atom. The Bertz CT molecular complexity index is 752. The van der Waals surface area contributed by atoms with Gasteiger partial charge in [-0.3, -0.25) is 0 Å². The summed E-state index contributed by atoms with van der Waals surface area (Å²) in [6.45, 7) is 0. The third-order valence-electron chi connectivity index (χ3n) is 7.49. The van der Waals surface area contributed by atoms with Gasteiger partial charge in [-0.05, 0) is 56.1 Å². The average Bonchev–Trinajstić information content (AvgIpc) is 3.24. The third-order valence-corrected chi connectivity index (χ3v) is 7.49. The van der Waals surface area contributed by atoms with E-state index in [1.165, 1.54) is 106 Å². The van der Waals surface area contributed by atoms with Crippen LogP contribution in [-0.2, 0) is 6.42 Å². The van der Waals surface area contributed by atoms with Crippen molar-refractivity contribution in [3.63, 3.8) is 0 Å². The first-order chi connectivity index (χ1) is 13.9. The number of aryl methyl sites for hydroxylation is 1. The van der Waals surface area contributed by atoms with E-state index in [4.69, 9.17) is 4.52 Å². The minimum Gasteiger partial charge on any atom is -0.362 e. The molecule has 3 heteroatoms. The Morgan fingerprint density at radius 2 is 1.46 bits per heavy atom. The maximum absolute atomic E-state index is 5.68. The van der Waals surface area contributed by atoms with E-state index in [1.807, 2.05) is 6.26 Å². The first kappa shape index (κ1) is 18.3. The lowest BCUT2D eigenvalue weighted by atomic mass is 9.80. The third kappa shape index (κ3) is 3.49. The molecule has 0 amide bonds. The fourth-order valence-electron chi connectivity index (χ4n) is 6.12. The van der Waals surface area contributed by atoms with Crippen LogP contribution < -0.4 is 4.90 Å². The highest BCUT2D eigenvalue weighted by Crippen LogP contribution is 2.43. The van der Waals surface area contributed by atoms with Crippen LogP contribution >= 0.6 is 0 Å². The number of hydrogen-bond donors (Lipinski definition) is 0. The van der Waals surface area contributed by atoms with E-state index in [-0.39, 0.29) is 0 Å². The topological polar surface area (TPSA) is 29.3 Å². The van der Waals surface area contributed by atoms with Crippen molar-refractivity contribution in [2.24, 2.45) is 0 Å². The van der Waals surface area contributed by atoms with E-state index in [1.54, 1.807) is 0 Å². The van der Waals surface area contributed by atoms with Crippen molar-refractivity contribution in [1.29, 1.82) is 0 Å². The van der Waals surface area contributed by atoms with E-state index in [0.29, 0.717) is 18.0 Å². The van der Waals surface area contributed by atoms with Gasteiger partial charge in [-0.2, -0.15) is 0 Å². The van der Waals surface area contributed by atoms with Crippen molar-refractivity contribution in [2.75, 3.05) is 4.90 Å². The zero-order valence-electron chi connectivity index (χ0n) is 17.1. The maximum Gasteiger partial charge on any atom is 0.147 e. The van der Waals surface area contributed by atoms with E-state index >= 15 is 0 Å². The molecule has 1 aromatic heterocycles. The van der Waals surface area contributed by atoms with Crippen LogP contribution in [0.2, 0.25) is 0 Å². The highest BCUT2D eigenvalue weighted by Gasteiger charge is 2.35. The van der Waals surface area contributed by atoms with Gasteiger partial charge in [0.25, 0.3) is 0 Å². The van der Waals surface area contributed by atoms with Crippen LogP contribution in [0.1, 0.15) is 99.8 Å². The molecule has 2 saturated carbocycles. The molecule has 1 atom stereocenters. The molecule has 2 aromatic rings. The first-order valence-electron chi connectivity index (χ1n) is 11.7. The molecule has 28 heavy (non-hydrogen) atoms. The van der Waals surface area contributed by atoms with Gasteiger partial charge in [0.05, 0.1) is 0 Å². The second-order valence-electron chi connectivity index (χ2n) is 9.22. The van der Waals surface area contributed by atoms with Gasteiger partial charge in [-0.25, -0.2) is 0 Å². The lowest BCUT2D eigenvalue weighted by molar-refractivity contribution is 0.338. The van der Waals surface area contributed by atoms with Crippen molar-refractivity contribution in [3.8, 4) is 0 Å². The summed E-state index contributed by atoms with van der Waals surface area (Å²) in [7, 11) is 0. The predicted molar refractivity (Wildman–Crippen MR) is 114 cm³/mol. The molecule has 0 radical (unpaired) electrons. The maximum atomic E-state index is 5.68. The molecule has 1 heterocycles. The van der Waals surface area contributed by atoms with Gasteiger partial charge < -0.3 is 9.42 Å². The summed E-state index contributed by atoms with van der Waals surface area (Å²) in [6, 6.07) is 10.4. The molecule has 3 nitrogen and oxygen atoms in total. The molecule has 1 unspecified atom stereocenters. The smallest absolute Gasteiger partial charge is 0.147 e. The monoisotopic (exact) mass is 378 g/mol. The van der Waals surface area contributed by atoms with Crippen LogP contribution in [0.25, 0.3) is 0 Å². The van der Waals surface area contributed by atoms with Crippen LogP contribution in [-0.4, -0.2) is 17.2 Å². The molecule has 3 aliphatic rings. The number of fused-ring (bicyclic) bond motifs is 1. The highest BCUT2D eigenvalue weighted by molar-refractivity contribution is 5.55. The SMILES string of the molecule is c1ccc2c(c1)CCCC2c1nocc1N(C1CCCCC1)C1CCCCC1. The number of hydrogen-bond acceptors (Lipinski definition) is 3. The quantitative estimate of drug-likeness (QED) is 0.599. The largest absolute Gasteiger partial charge is 0.362 e. The number of anilines is 1. The Kier molecular flexibility index (Phi) is 5.42. The van der Waals surface area contributed by atoms with Gasteiger partial charge in [-0.15, -0.1) is 0 Å². The van der Waals surface area contributed by atoms with Crippen LogP contribution in [0, 0.1) is 0 Å². The molecule has 0 saturated heterocycles. The van der Waals surface area contributed by atoms with Crippen LogP contribution in [0.15, 0.2) is 35.1 Å². The average molecular weight is 379 g/mol. The molecule has 0 N–H and O–H groups in total. The normalized spacial score (nSPS) is 24.1. The van der Waals surface area contributed by atoms with Crippen LogP contribution in [0.5, 0.6) is 0 Å². The second kappa shape index (κ2) is 8.31. The van der Waals surface area contributed by atoms with E-state index in [9.17, 15) is 0 Å². The molecule has 150 valence electrons. The van der Waals surface area contributed by atoms with E-state index in [2.05, 4.69) is 34.3 Å². The second-order valence-corrected chi connectivity index (χ2v) is 9.22. The summed E-state index contributed by atoms with van der Waals surface area (Å²) in [5.74, 6) is 0.397. The van der Waals surface area contributed by atoms with Gasteiger partial charge >= 0.3 is 0 Å². The summed E-state index contributed by atoms with van der Waals surface area (Å²) in [5.41, 5.74) is 5.52. The summed E-state index contributed by atoms with van der Waals surface area (Å²) in [6.07, 6.45) is 19.3. The molecule has 5 rings (SSSR count). The molecule has 0 spiro atoms. The standard InChI is InChI=1S/C25H34N2O/c1-3-12-20(13-4-1)27(21-14-5-2-6-15-21)24-18-28-26-25(24)23-17-9-11-19-10-7-8-16-22(19)23/h7-8,10,16,18,20-21,23H,1-6,9,11-15,17H2. The molecule has 3 aliphatic carbocycles. The van der Waals surface area contributed by atoms with Crippen LogP contribution in [0.3, 0.4) is 0 Å². The molecular formula is C25H34N2O. The van der Waals surface area contributed by atoms with Gasteiger partial charge in [0, 0.05) is 18.0 Å². The van der Waals surface area contributed by atoms with Crippen molar-refractivity contribution >= 4 is 5.69 Å². The Labute approximate surface area is 169 Å². The van der Waals surface area contributed by atoms with E-state index < -0.39 is 0 Å². The number of benzene rings is 1. The minimum absolute atomic E-state index is 0.397. The lowest BCUT2D eigenvalue weighted by Gasteiger charge is -2.43. The van der Waals surface area contributed by atoms with Gasteiger partial charge in [0.2, 0.25) is 0 Å². The Balaban J connectivity index is 1.52. The minimum atomic E-state index is 0.397. The van der Waals surface area contributed by atoms with Gasteiger partial charge in [-0.1, -0.05) is 67.9 Å². The van der Waals surface area contributed by atoms with Crippen LogP contribution in [0.4, 0.5) is 5.69 Å². The zero-order chi connectivity index (χ0) is 18.8. The zero-order valence-corrected chi connectivity index (χ0v) is 17.1. The van der Waals surface area contributed by atoms with Crippen molar-refractivity contribution in [1.82, 2.24) is 5.16 Å². The number of rotatable bonds is 4. The number of aromatic nitrogens is 1. The van der Waals surface area contributed by atoms with Gasteiger partial charge in [0.15, 0.2) is 0 Å². The van der Waals surface area contributed by atoms with Gasteiger partial charge in [0.1, 0.15) is 17.6 Å². The molecule has 0 aliphatic heterocycles. The van der Waals surface area contributed by atoms with Crippen molar-refractivity contribution in [2.45, 2.75) is 101 Å². The number of nitrogens with zero attached hydrogens (tertiary/aromatic N) is 2. The molecule has 2 fully saturated rings. The fourth-order valence-corrected chi connectivity index (χ4v) is 6.12. The molecule has 0 bridgehead atoms. The summed E-state index contributed by atoms with van der Waals surface area (Å²) in [5, 5.41) is 4.63. The Morgan fingerprint density at radius 1 is 0.786 bits per heavy atom. The fraction of sp³-hybridized carbons (Fsp3) is 0.640. The Hall–Kier alpha value is -1.77. The highest BCUT2D eigenvalue weighted by atomic mass is 16.5. The van der Waals surface area contributed by atoms with Crippen molar-refractivity contribution < 1.29 is 4.52 Å². The lowest BCUT2D eigenvalue weighted by Crippen LogP contribution is -2.45.